The predicted octanol–water partition coefficient (Wildman–Crippen LogP) is 0.186. The lowest BCUT2D eigenvalue weighted by Crippen LogP contribution is -2.63. The summed E-state index contributed by atoms with van der Waals surface area (Å²) in [5.41, 5.74) is 4.01. The first-order valence-corrected chi connectivity index (χ1v) is 5.05. The molecule has 0 unspecified atom stereocenters. The second-order valence-corrected chi connectivity index (χ2v) is 3.62. The van der Waals surface area contributed by atoms with Crippen LogP contribution in [-0.4, -0.2) is 23.4 Å². The number of rotatable bonds is 1. The van der Waals surface area contributed by atoms with E-state index in [0.29, 0.717) is 6.04 Å². The summed E-state index contributed by atoms with van der Waals surface area (Å²) in [6.45, 7) is 2.31. The van der Waals surface area contributed by atoms with Crippen molar-refractivity contribution in [1.29, 1.82) is 0 Å². The maximum atomic E-state index is 4.12. The quantitative estimate of drug-likeness (QED) is 0.330. The van der Waals surface area contributed by atoms with Crippen LogP contribution in [0.25, 0.3) is 0 Å². The van der Waals surface area contributed by atoms with Crippen molar-refractivity contribution >= 4 is 22.6 Å². The Labute approximate surface area is 65.1 Å². The van der Waals surface area contributed by atoms with Crippen molar-refractivity contribution in [2.75, 3.05) is 13.1 Å². The molecule has 0 saturated carbocycles. The molecule has 9 heavy (non-hydrogen) atoms. The molecule has 0 amide bonds. The number of nitrogens with zero attached hydrogens (tertiary/aromatic N) is 1. The van der Waals surface area contributed by atoms with Gasteiger partial charge in [-0.1, -0.05) is 11.7 Å². The largest absolute Gasteiger partial charge is 0.355 e. The zero-order valence-electron chi connectivity index (χ0n) is 5.42. The van der Waals surface area contributed by atoms with E-state index in [9.17, 15) is 0 Å². The van der Waals surface area contributed by atoms with E-state index >= 15 is 0 Å². The summed E-state index contributed by atoms with van der Waals surface area (Å²) in [5.74, 6) is 0. The molecule has 0 aliphatic carbocycles. The Balaban J connectivity index is 2.18. The van der Waals surface area contributed by atoms with Crippen molar-refractivity contribution in [3.8, 4) is 0 Å². The third kappa shape index (κ3) is 2.37. The normalized spacial score (nSPS) is 24.7. The SMILES string of the molecule is [NH3+]C1CCN(SS)CC1. The summed E-state index contributed by atoms with van der Waals surface area (Å²) in [6.07, 6.45) is 2.46. The summed E-state index contributed by atoms with van der Waals surface area (Å²) >= 11 is 4.12. The van der Waals surface area contributed by atoms with E-state index < -0.39 is 0 Å². The number of hydrogen-bond donors (Lipinski definition) is 2. The first-order valence-electron chi connectivity index (χ1n) is 3.22. The van der Waals surface area contributed by atoms with Gasteiger partial charge in [0.1, 0.15) is 0 Å². The van der Waals surface area contributed by atoms with Gasteiger partial charge in [0.15, 0.2) is 0 Å². The average Bonchev–Trinajstić information content (AvgIpc) is 1.90. The Morgan fingerprint density at radius 1 is 1.44 bits per heavy atom. The summed E-state index contributed by atoms with van der Waals surface area (Å²) < 4.78 is 2.27. The zero-order chi connectivity index (χ0) is 6.69. The molecule has 1 heterocycles. The fraction of sp³-hybridized carbons (Fsp3) is 1.00. The van der Waals surface area contributed by atoms with Crippen molar-refractivity contribution in [2.45, 2.75) is 18.9 Å². The molecular formula is C5H13N2S2+. The van der Waals surface area contributed by atoms with E-state index in [4.69, 9.17) is 0 Å². The maximum Gasteiger partial charge on any atom is 0.0869 e. The number of hydrogen-bond acceptors (Lipinski definition) is 3. The molecule has 3 N–H and O–H groups in total. The van der Waals surface area contributed by atoms with E-state index in [1.807, 2.05) is 0 Å². The third-order valence-corrected chi connectivity index (χ3v) is 2.98. The molecule has 0 atom stereocenters. The molecule has 0 aromatic heterocycles. The lowest BCUT2D eigenvalue weighted by atomic mass is 10.1. The van der Waals surface area contributed by atoms with Crippen LogP contribution in [0.3, 0.4) is 0 Å². The molecule has 0 aromatic rings. The van der Waals surface area contributed by atoms with Gasteiger partial charge in [-0.05, 0) is 11.0 Å². The van der Waals surface area contributed by atoms with Crippen LogP contribution in [0.4, 0.5) is 0 Å². The van der Waals surface area contributed by atoms with E-state index in [-0.39, 0.29) is 0 Å². The first-order chi connectivity index (χ1) is 4.33. The van der Waals surface area contributed by atoms with Crippen molar-refractivity contribution in [3.05, 3.63) is 0 Å². The Kier molecular flexibility index (Phi) is 3.18. The minimum absolute atomic E-state index is 0.682. The fourth-order valence-electron chi connectivity index (χ4n) is 0.991. The van der Waals surface area contributed by atoms with E-state index in [0.717, 1.165) is 13.1 Å². The van der Waals surface area contributed by atoms with Crippen LogP contribution in [-0.2, 0) is 0 Å². The van der Waals surface area contributed by atoms with Crippen LogP contribution in [0.15, 0.2) is 0 Å². The topological polar surface area (TPSA) is 30.9 Å². The molecule has 0 spiro atoms. The minimum atomic E-state index is 0.682. The van der Waals surface area contributed by atoms with Crippen molar-refractivity contribution in [2.24, 2.45) is 0 Å². The number of piperidine rings is 1. The summed E-state index contributed by atoms with van der Waals surface area (Å²) in [7, 11) is 1.55. The van der Waals surface area contributed by atoms with Gasteiger partial charge in [-0.3, -0.25) is 0 Å². The van der Waals surface area contributed by atoms with Crippen molar-refractivity contribution < 1.29 is 5.73 Å². The second kappa shape index (κ2) is 3.71. The molecule has 1 fully saturated rings. The van der Waals surface area contributed by atoms with Crippen LogP contribution < -0.4 is 5.73 Å². The lowest BCUT2D eigenvalue weighted by molar-refractivity contribution is -0.425. The summed E-state index contributed by atoms with van der Waals surface area (Å²) in [6, 6.07) is 0.682. The maximum absolute atomic E-state index is 4.12. The van der Waals surface area contributed by atoms with Gasteiger partial charge in [0.05, 0.1) is 6.04 Å². The summed E-state index contributed by atoms with van der Waals surface area (Å²) in [4.78, 5) is 0. The van der Waals surface area contributed by atoms with Crippen LogP contribution in [0.5, 0.6) is 0 Å². The smallest absolute Gasteiger partial charge is 0.0869 e. The minimum Gasteiger partial charge on any atom is -0.355 e. The third-order valence-electron chi connectivity index (χ3n) is 1.69. The number of quaternary nitrogens is 1. The Bertz CT molecular complexity index is 81.0. The lowest BCUT2D eigenvalue weighted by Gasteiger charge is -2.24. The van der Waals surface area contributed by atoms with Gasteiger partial charge in [-0.15, -0.1) is 0 Å². The van der Waals surface area contributed by atoms with E-state index in [1.54, 1.807) is 11.0 Å². The van der Waals surface area contributed by atoms with Crippen LogP contribution in [0, 0.1) is 0 Å². The molecule has 1 rings (SSSR count). The van der Waals surface area contributed by atoms with Crippen LogP contribution in [0.2, 0.25) is 0 Å². The van der Waals surface area contributed by atoms with Crippen molar-refractivity contribution in [3.63, 3.8) is 0 Å². The standard InChI is InChI=1S/C5H12N2S2/c6-5-1-3-7(9-8)4-2-5/h5,8H,1-4,6H2/p+1. The van der Waals surface area contributed by atoms with Gasteiger partial charge >= 0.3 is 0 Å². The Hall–Kier alpha value is 0.620. The van der Waals surface area contributed by atoms with E-state index in [1.165, 1.54) is 12.8 Å². The van der Waals surface area contributed by atoms with Gasteiger partial charge in [0.25, 0.3) is 0 Å². The highest BCUT2D eigenvalue weighted by atomic mass is 33.1. The number of thiol groups is 1. The molecular weight excluding hydrogens is 152 g/mol. The van der Waals surface area contributed by atoms with Gasteiger partial charge < -0.3 is 5.73 Å². The summed E-state index contributed by atoms with van der Waals surface area (Å²) in [5, 5.41) is 0. The zero-order valence-corrected chi connectivity index (χ0v) is 7.13. The monoisotopic (exact) mass is 165 g/mol. The van der Waals surface area contributed by atoms with Gasteiger partial charge in [-0.25, -0.2) is 4.31 Å². The predicted molar refractivity (Wildman–Crippen MR) is 44.1 cm³/mol. The van der Waals surface area contributed by atoms with Crippen LogP contribution in [0.1, 0.15) is 12.8 Å². The van der Waals surface area contributed by atoms with Gasteiger partial charge in [0.2, 0.25) is 0 Å². The molecule has 0 radical (unpaired) electrons. The molecule has 1 aliphatic heterocycles. The van der Waals surface area contributed by atoms with Gasteiger partial charge in [0, 0.05) is 25.9 Å². The first kappa shape index (κ1) is 7.72. The van der Waals surface area contributed by atoms with Crippen molar-refractivity contribution in [1.82, 2.24) is 4.31 Å². The van der Waals surface area contributed by atoms with Gasteiger partial charge in [-0.2, -0.15) is 0 Å². The molecule has 1 saturated heterocycles. The molecule has 0 aromatic carbocycles. The van der Waals surface area contributed by atoms with E-state index in [2.05, 4.69) is 21.7 Å². The molecule has 1 aliphatic rings. The molecule has 54 valence electrons. The highest BCUT2D eigenvalue weighted by molar-refractivity contribution is 8.67. The molecule has 2 nitrogen and oxygen atoms in total. The highest BCUT2D eigenvalue weighted by Gasteiger charge is 2.17. The van der Waals surface area contributed by atoms with Crippen LogP contribution >= 0.6 is 22.6 Å². The molecule has 0 bridgehead atoms. The Morgan fingerprint density at radius 2 is 2.00 bits per heavy atom. The highest BCUT2D eigenvalue weighted by Crippen LogP contribution is 2.18. The molecule has 4 heteroatoms. The second-order valence-electron chi connectivity index (χ2n) is 2.45. The fourth-order valence-corrected chi connectivity index (χ4v) is 1.85. The average molecular weight is 165 g/mol. The Morgan fingerprint density at radius 3 is 2.44 bits per heavy atom.